The van der Waals surface area contributed by atoms with Crippen LogP contribution < -0.4 is 10.6 Å². The summed E-state index contributed by atoms with van der Waals surface area (Å²) in [5.41, 5.74) is 0. The fraction of sp³-hybridized carbons (Fsp3) is 0.800. The maximum absolute atomic E-state index is 11.7. The number of rotatable bonds is 5. The van der Waals surface area contributed by atoms with E-state index in [0.717, 1.165) is 0 Å². The molecule has 1 heterocycles. The van der Waals surface area contributed by atoms with Crippen molar-refractivity contribution >= 4 is 11.8 Å². The minimum Gasteiger partial charge on any atom is -0.355 e. The molecule has 0 radical (unpaired) electrons. The molecule has 0 saturated carbocycles. The fourth-order valence-electron chi connectivity index (χ4n) is 1.55. The summed E-state index contributed by atoms with van der Waals surface area (Å²) in [6, 6.07) is 0. The standard InChI is InChI=1S/C10H18N2O4/c1-15-9(16-2)6-12-10(14)7-3-4-8(13)11-5-7/h7,9H,3-6H2,1-2H3,(H,11,13)(H,12,14). The van der Waals surface area contributed by atoms with Crippen LogP contribution in [-0.2, 0) is 19.1 Å². The van der Waals surface area contributed by atoms with Gasteiger partial charge >= 0.3 is 0 Å². The Morgan fingerprint density at radius 3 is 2.75 bits per heavy atom. The van der Waals surface area contributed by atoms with Crippen LogP contribution >= 0.6 is 0 Å². The van der Waals surface area contributed by atoms with Crippen LogP contribution in [0.5, 0.6) is 0 Å². The SMILES string of the molecule is COC(CNC(=O)C1CCC(=O)NC1)OC. The van der Waals surface area contributed by atoms with Crippen LogP contribution in [-0.4, -0.2) is 45.4 Å². The lowest BCUT2D eigenvalue weighted by Gasteiger charge is -2.22. The molecule has 1 unspecified atom stereocenters. The number of piperidine rings is 1. The molecule has 92 valence electrons. The van der Waals surface area contributed by atoms with Crippen molar-refractivity contribution in [3.05, 3.63) is 0 Å². The van der Waals surface area contributed by atoms with Crippen LogP contribution in [0.3, 0.4) is 0 Å². The van der Waals surface area contributed by atoms with Crippen LogP contribution in [0.4, 0.5) is 0 Å². The van der Waals surface area contributed by atoms with Crippen molar-refractivity contribution in [1.29, 1.82) is 0 Å². The molecule has 1 fully saturated rings. The maximum Gasteiger partial charge on any atom is 0.225 e. The van der Waals surface area contributed by atoms with Gasteiger partial charge in [0.15, 0.2) is 6.29 Å². The van der Waals surface area contributed by atoms with Gasteiger partial charge in [0.1, 0.15) is 0 Å². The zero-order valence-electron chi connectivity index (χ0n) is 9.62. The summed E-state index contributed by atoms with van der Waals surface area (Å²) < 4.78 is 9.90. The van der Waals surface area contributed by atoms with Crippen LogP contribution in [0.1, 0.15) is 12.8 Å². The summed E-state index contributed by atoms with van der Waals surface area (Å²) in [5.74, 6) is -0.207. The van der Waals surface area contributed by atoms with Gasteiger partial charge < -0.3 is 20.1 Å². The highest BCUT2D eigenvalue weighted by Crippen LogP contribution is 2.10. The average molecular weight is 230 g/mol. The molecule has 1 rings (SSSR count). The van der Waals surface area contributed by atoms with Crippen molar-refractivity contribution in [2.45, 2.75) is 19.1 Å². The fourth-order valence-corrected chi connectivity index (χ4v) is 1.55. The van der Waals surface area contributed by atoms with Gasteiger partial charge in [-0.05, 0) is 6.42 Å². The Balaban J connectivity index is 2.27. The molecule has 0 aromatic carbocycles. The van der Waals surface area contributed by atoms with E-state index in [-0.39, 0.29) is 17.7 Å². The minimum atomic E-state index is -0.429. The molecular weight excluding hydrogens is 212 g/mol. The highest BCUT2D eigenvalue weighted by atomic mass is 16.7. The zero-order valence-corrected chi connectivity index (χ0v) is 9.62. The van der Waals surface area contributed by atoms with Crippen molar-refractivity contribution in [3.8, 4) is 0 Å². The number of carbonyl (C=O) groups is 2. The third-order valence-electron chi connectivity index (χ3n) is 2.61. The molecule has 2 N–H and O–H groups in total. The van der Waals surface area contributed by atoms with E-state index in [1.54, 1.807) is 0 Å². The second-order valence-corrected chi connectivity index (χ2v) is 3.69. The highest BCUT2D eigenvalue weighted by molar-refractivity contribution is 5.83. The lowest BCUT2D eigenvalue weighted by Crippen LogP contribution is -2.45. The molecular formula is C10H18N2O4. The molecule has 0 aliphatic carbocycles. The number of ether oxygens (including phenoxy) is 2. The quantitative estimate of drug-likeness (QED) is 0.609. The normalized spacial score (nSPS) is 20.7. The van der Waals surface area contributed by atoms with Crippen molar-refractivity contribution in [2.24, 2.45) is 5.92 Å². The molecule has 0 aromatic heterocycles. The molecule has 1 atom stereocenters. The van der Waals surface area contributed by atoms with Crippen LogP contribution in [0.2, 0.25) is 0 Å². The summed E-state index contributed by atoms with van der Waals surface area (Å²) in [5, 5.41) is 5.40. The average Bonchev–Trinajstić information content (AvgIpc) is 2.31. The number of methoxy groups -OCH3 is 2. The maximum atomic E-state index is 11.7. The molecule has 6 nitrogen and oxygen atoms in total. The van der Waals surface area contributed by atoms with E-state index in [1.807, 2.05) is 0 Å². The Morgan fingerprint density at radius 1 is 1.56 bits per heavy atom. The van der Waals surface area contributed by atoms with Gasteiger partial charge in [-0.1, -0.05) is 0 Å². The summed E-state index contributed by atoms with van der Waals surface area (Å²) in [6.45, 7) is 0.728. The van der Waals surface area contributed by atoms with Gasteiger partial charge in [-0.2, -0.15) is 0 Å². The predicted octanol–water partition coefficient (Wildman–Crippen LogP) is -0.752. The Kier molecular flexibility index (Phi) is 5.21. The molecule has 1 aliphatic heterocycles. The second-order valence-electron chi connectivity index (χ2n) is 3.69. The first-order chi connectivity index (χ1) is 7.67. The zero-order chi connectivity index (χ0) is 12.0. The summed E-state index contributed by atoms with van der Waals surface area (Å²) in [7, 11) is 3.03. The van der Waals surface area contributed by atoms with Gasteiger partial charge in [-0.15, -0.1) is 0 Å². The third kappa shape index (κ3) is 3.79. The van der Waals surface area contributed by atoms with E-state index in [2.05, 4.69) is 10.6 Å². The van der Waals surface area contributed by atoms with E-state index < -0.39 is 6.29 Å². The summed E-state index contributed by atoms with van der Waals surface area (Å²) >= 11 is 0. The third-order valence-corrected chi connectivity index (χ3v) is 2.61. The number of amides is 2. The second kappa shape index (κ2) is 6.44. The van der Waals surface area contributed by atoms with Crippen molar-refractivity contribution in [1.82, 2.24) is 10.6 Å². The number of nitrogens with one attached hydrogen (secondary N) is 2. The van der Waals surface area contributed by atoms with Crippen LogP contribution in [0.25, 0.3) is 0 Å². The van der Waals surface area contributed by atoms with Gasteiger partial charge in [-0.3, -0.25) is 9.59 Å². The lowest BCUT2D eigenvalue weighted by atomic mass is 9.98. The van der Waals surface area contributed by atoms with E-state index >= 15 is 0 Å². The molecule has 16 heavy (non-hydrogen) atoms. The Morgan fingerprint density at radius 2 is 2.25 bits per heavy atom. The molecule has 1 saturated heterocycles. The van der Waals surface area contributed by atoms with Crippen molar-refractivity contribution in [3.63, 3.8) is 0 Å². The molecule has 6 heteroatoms. The Bertz CT molecular complexity index is 243. The van der Waals surface area contributed by atoms with Crippen molar-refractivity contribution in [2.75, 3.05) is 27.3 Å². The number of hydrogen-bond donors (Lipinski definition) is 2. The van der Waals surface area contributed by atoms with Gasteiger partial charge in [0.05, 0.1) is 12.5 Å². The first kappa shape index (κ1) is 12.9. The minimum absolute atomic E-state index is 0.00992. The number of carbonyl (C=O) groups excluding carboxylic acids is 2. The predicted molar refractivity (Wildman–Crippen MR) is 56.5 cm³/mol. The molecule has 1 aliphatic rings. The van der Waals surface area contributed by atoms with Gasteiger partial charge in [0.2, 0.25) is 11.8 Å². The Labute approximate surface area is 94.7 Å². The smallest absolute Gasteiger partial charge is 0.225 e. The summed E-state index contributed by atoms with van der Waals surface area (Å²) in [4.78, 5) is 22.6. The first-order valence-electron chi connectivity index (χ1n) is 5.27. The van der Waals surface area contributed by atoms with Gasteiger partial charge in [-0.25, -0.2) is 0 Å². The molecule has 0 aromatic rings. The van der Waals surface area contributed by atoms with Gasteiger partial charge in [0, 0.05) is 27.2 Å². The number of hydrogen-bond acceptors (Lipinski definition) is 4. The topological polar surface area (TPSA) is 76.7 Å². The van der Waals surface area contributed by atoms with E-state index in [9.17, 15) is 9.59 Å². The van der Waals surface area contributed by atoms with Crippen molar-refractivity contribution < 1.29 is 19.1 Å². The molecule has 0 spiro atoms. The first-order valence-corrected chi connectivity index (χ1v) is 5.27. The Hall–Kier alpha value is -1.14. The highest BCUT2D eigenvalue weighted by Gasteiger charge is 2.24. The van der Waals surface area contributed by atoms with E-state index in [4.69, 9.17) is 9.47 Å². The largest absolute Gasteiger partial charge is 0.355 e. The molecule has 0 bridgehead atoms. The van der Waals surface area contributed by atoms with E-state index in [0.29, 0.717) is 25.9 Å². The monoisotopic (exact) mass is 230 g/mol. The van der Waals surface area contributed by atoms with Crippen LogP contribution in [0, 0.1) is 5.92 Å². The van der Waals surface area contributed by atoms with E-state index in [1.165, 1.54) is 14.2 Å². The summed E-state index contributed by atoms with van der Waals surface area (Å²) in [6.07, 6.45) is 0.584. The lowest BCUT2D eigenvalue weighted by molar-refractivity contribution is -0.133. The van der Waals surface area contributed by atoms with Gasteiger partial charge in [0.25, 0.3) is 0 Å². The van der Waals surface area contributed by atoms with Crippen LogP contribution in [0.15, 0.2) is 0 Å². The molecule has 2 amide bonds.